The van der Waals surface area contributed by atoms with Gasteiger partial charge in [0, 0.05) is 21.9 Å². The lowest BCUT2D eigenvalue weighted by molar-refractivity contribution is 0.484. The summed E-state index contributed by atoms with van der Waals surface area (Å²) in [4.78, 5) is -0.347. The first-order valence-corrected chi connectivity index (χ1v) is 15.2. The van der Waals surface area contributed by atoms with Crippen molar-refractivity contribution < 1.29 is 25.6 Å². The summed E-state index contributed by atoms with van der Waals surface area (Å²) >= 11 is 0. The first-order valence-electron chi connectivity index (χ1n) is 12.3. The Balaban J connectivity index is 1.66. The van der Waals surface area contributed by atoms with Gasteiger partial charge in [-0.2, -0.15) is 16.8 Å². The molecule has 8 heteroatoms. The third-order valence-corrected chi connectivity index (χ3v) is 8.96. The Kier molecular flexibility index (Phi) is 6.38. The van der Waals surface area contributed by atoms with E-state index in [1.54, 1.807) is 18.2 Å². The van der Waals surface area contributed by atoms with Crippen LogP contribution in [0.5, 0.6) is 5.75 Å². The Morgan fingerprint density at radius 1 is 0.550 bits per heavy atom. The van der Waals surface area contributed by atoms with Gasteiger partial charge in [0.15, 0.2) is 5.75 Å². The molecule has 0 bridgehead atoms. The number of hydrogen-bond donors (Lipinski definition) is 1. The summed E-state index contributed by atoms with van der Waals surface area (Å²) in [6.07, 6.45) is 0. The second-order valence-electron chi connectivity index (χ2n) is 9.20. The zero-order valence-corrected chi connectivity index (χ0v) is 22.6. The van der Waals surface area contributed by atoms with Crippen LogP contribution in [0.3, 0.4) is 0 Å². The topological polar surface area (TPSA) is 97.7 Å². The van der Waals surface area contributed by atoms with Crippen molar-refractivity contribution in [1.82, 2.24) is 0 Å². The molecule has 0 atom stereocenters. The molecule has 0 aliphatic heterocycles. The molecule has 6 aromatic carbocycles. The van der Waals surface area contributed by atoms with Gasteiger partial charge in [0.05, 0.1) is 0 Å². The van der Waals surface area contributed by atoms with E-state index >= 15 is 0 Å². The molecular weight excluding hydrogens is 544 g/mol. The van der Waals surface area contributed by atoms with E-state index in [0.717, 1.165) is 16.8 Å². The Morgan fingerprint density at radius 2 is 1.10 bits per heavy atom. The van der Waals surface area contributed by atoms with E-state index in [0.29, 0.717) is 22.3 Å². The van der Waals surface area contributed by atoms with Gasteiger partial charge < -0.3 is 4.18 Å². The van der Waals surface area contributed by atoms with Crippen molar-refractivity contribution in [3.05, 3.63) is 127 Å². The van der Waals surface area contributed by atoms with Gasteiger partial charge in [-0.15, -0.1) is 0 Å². The van der Waals surface area contributed by atoms with E-state index < -0.39 is 20.2 Å². The van der Waals surface area contributed by atoms with Crippen molar-refractivity contribution >= 4 is 41.8 Å². The SMILES string of the molecule is O=S(=O)(O)c1ccc(OS(=O)(=O)c2c(-c3ccccc3)cc3ccccc3c2-c2ccccc2)c2ccccc12. The van der Waals surface area contributed by atoms with Gasteiger partial charge in [0.1, 0.15) is 9.79 Å². The molecule has 198 valence electrons. The predicted molar refractivity (Wildman–Crippen MR) is 156 cm³/mol. The van der Waals surface area contributed by atoms with E-state index in [1.165, 1.54) is 12.1 Å². The molecule has 0 aliphatic rings. The van der Waals surface area contributed by atoms with Crippen LogP contribution in [0.25, 0.3) is 43.8 Å². The standard InChI is InChI=1S/C32H22O6S2/c33-39(34,35)30-20-19-29(26-17-9-10-18-27(26)30)38-40(36,37)32-28(22-11-3-1-4-12-22)21-24-15-7-8-16-25(24)31(32)23-13-5-2-6-14-23/h1-21H,(H,33,34,35). The van der Waals surface area contributed by atoms with Crippen LogP contribution < -0.4 is 4.18 Å². The Hall–Kier alpha value is -4.50. The Labute approximate surface area is 232 Å². The van der Waals surface area contributed by atoms with Gasteiger partial charge in [-0.3, -0.25) is 4.55 Å². The van der Waals surface area contributed by atoms with Crippen molar-refractivity contribution in [3.8, 4) is 28.0 Å². The highest BCUT2D eigenvalue weighted by molar-refractivity contribution is 7.87. The zero-order valence-electron chi connectivity index (χ0n) is 20.9. The van der Waals surface area contributed by atoms with Crippen molar-refractivity contribution in [2.45, 2.75) is 9.79 Å². The summed E-state index contributed by atoms with van der Waals surface area (Å²) in [6, 6.07) is 36.5. The molecule has 6 nitrogen and oxygen atoms in total. The van der Waals surface area contributed by atoms with Gasteiger partial charge in [0.25, 0.3) is 10.1 Å². The van der Waals surface area contributed by atoms with Crippen LogP contribution in [0.15, 0.2) is 137 Å². The fourth-order valence-electron chi connectivity index (χ4n) is 5.01. The number of rotatable bonds is 6. The minimum absolute atomic E-state index is 0.00784. The Morgan fingerprint density at radius 3 is 1.75 bits per heavy atom. The lowest BCUT2D eigenvalue weighted by Crippen LogP contribution is -2.14. The van der Waals surface area contributed by atoms with Crippen LogP contribution in [0.4, 0.5) is 0 Å². The minimum atomic E-state index is -4.56. The number of benzene rings is 6. The first-order chi connectivity index (χ1) is 19.2. The number of fused-ring (bicyclic) bond motifs is 2. The number of hydrogen-bond acceptors (Lipinski definition) is 5. The first kappa shape index (κ1) is 25.8. The molecule has 6 aromatic rings. The Bertz CT molecular complexity index is 2110. The van der Waals surface area contributed by atoms with Crippen molar-refractivity contribution in [2.75, 3.05) is 0 Å². The fourth-order valence-corrected chi connectivity index (χ4v) is 7.10. The fraction of sp³-hybridized carbons (Fsp3) is 0. The van der Waals surface area contributed by atoms with Crippen molar-refractivity contribution in [3.63, 3.8) is 0 Å². The van der Waals surface area contributed by atoms with Gasteiger partial charge in [-0.25, -0.2) is 0 Å². The van der Waals surface area contributed by atoms with Gasteiger partial charge >= 0.3 is 10.1 Å². The maximum Gasteiger partial charge on any atom is 0.340 e. The van der Waals surface area contributed by atoms with Crippen LogP contribution in [-0.2, 0) is 20.2 Å². The quantitative estimate of drug-likeness (QED) is 0.167. The smallest absolute Gasteiger partial charge is 0.340 e. The maximum absolute atomic E-state index is 14.4. The molecule has 0 radical (unpaired) electrons. The molecule has 0 aromatic heterocycles. The highest BCUT2D eigenvalue weighted by Gasteiger charge is 2.30. The summed E-state index contributed by atoms with van der Waals surface area (Å²) in [5, 5.41) is 1.97. The molecule has 0 saturated heterocycles. The van der Waals surface area contributed by atoms with E-state index in [9.17, 15) is 21.4 Å². The maximum atomic E-state index is 14.4. The minimum Gasteiger partial charge on any atom is -0.378 e. The van der Waals surface area contributed by atoms with E-state index in [1.807, 2.05) is 91.0 Å². The predicted octanol–water partition coefficient (Wildman–Crippen LogP) is 7.34. The molecule has 6 rings (SSSR count). The molecule has 0 saturated carbocycles. The zero-order chi connectivity index (χ0) is 27.9. The third-order valence-electron chi connectivity index (χ3n) is 6.72. The summed E-state index contributed by atoms with van der Waals surface area (Å²) in [7, 11) is -9.07. The van der Waals surface area contributed by atoms with Gasteiger partial charge in [-0.05, 0) is 40.1 Å². The van der Waals surface area contributed by atoms with E-state index in [2.05, 4.69) is 0 Å². The molecule has 0 heterocycles. The van der Waals surface area contributed by atoms with Crippen LogP contribution in [0.2, 0.25) is 0 Å². The van der Waals surface area contributed by atoms with E-state index in [4.69, 9.17) is 4.18 Å². The molecule has 0 aliphatic carbocycles. The average Bonchev–Trinajstić information content (AvgIpc) is 2.96. The van der Waals surface area contributed by atoms with Crippen LogP contribution >= 0.6 is 0 Å². The highest BCUT2D eigenvalue weighted by Crippen LogP contribution is 2.43. The molecular formula is C32H22O6S2. The second kappa shape index (κ2) is 9.91. The largest absolute Gasteiger partial charge is 0.378 e. The molecule has 0 amide bonds. The van der Waals surface area contributed by atoms with Crippen LogP contribution in [0.1, 0.15) is 0 Å². The average molecular weight is 567 g/mol. The molecule has 0 fully saturated rings. The summed E-state index contributed by atoms with van der Waals surface area (Å²) in [5.74, 6) is -0.0609. The van der Waals surface area contributed by atoms with Crippen LogP contribution in [0, 0.1) is 0 Å². The third kappa shape index (κ3) is 4.62. The summed E-state index contributed by atoms with van der Waals surface area (Å²) in [6.45, 7) is 0. The molecule has 40 heavy (non-hydrogen) atoms. The highest BCUT2D eigenvalue weighted by atomic mass is 32.2. The summed E-state index contributed by atoms with van der Waals surface area (Å²) < 4.78 is 68.3. The normalized spacial score (nSPS) is 12.0. The summed E-state index contributed by atoms with van der Waals surface area (Å²) in [5.41, 5.74) is 2.36. The lowest BCUT2D eigenvalue weighted by atomic mass is 9.93. The molecule has 0 unspecified atom stereocenters. The second-order valence-corrected chi connectivity index (χ2v) is 12.1. The molecule has 0 spiro atoms. The lowest BCUT2D eigenvalue weighted by Gasteiger charge is -2.20. The van der Waals surface area contributed by atoms with Crippen molar-refractivity contribution in [1.29, 1.82) is 0 Å². The van der Waals surface area contributed by atoms with Crippen molar-refractivity contribution in [2.24, 2.45) is 0 Å². The monoisotopic (exact) mass is 566 g/mol. The van der Waals surface area contributed by atoms with Gasteiger partial charge in [-0.1, -0.05) is 109 Å². The molecule has 1 N–H and O–H groups in total. The van der Waals surface area contributed by atoms with Crippen LogP contribution in [-0.4, -0.2) is 21.4 Å². The van der Waals surface area contributed by atoms with Gasteiger partial charge in [0.2, 0.25) is 0 Å². The van der Waals surface area contributed by atoms with E-state index in [-0.39, 0.29) is 26.3 Å².